The maximum atomic E-state index is 12.1. The highest BCUT2D eigenvalue weighted by atomic mass is 35.5. The second-order valence-corrected chi connectivity index (χ2v) is 5.33. The Balaban J connectivity index is 0.00000242. The van der Waals surface area contributed by atoms with Crippen molar-refractivity contribution in [1.82, 2.24) is 10.6 Å². The lowest BCUT2D eigenvalue weighted by Gasteiger charge is -2.22. The number of amides is 2. The Hall–Kier alpha value is -1.59. The Morgan fingerprint density at radius 2 is 2.14 bits per heavy atom. The van der Waals surface area contributed by atoms with E-state index in [1.807, 2.05) is 6.92 Å². The Labute approximate surface area is 137 Å². The molecular weight excluding hydrogens is 302 g/mol. The normalized spacial score (nSPS) is 17.2. The van der Waals surface area contributed by atoms with Crippen molar-refractivity contribution in [3.05, 3.63) is 29.8 Å². The lowest BCUT2D eigenvalue weighted by Crippen LogP contribution is -2.43. The van der Waals surface area contributed by atoms with Gasteiger partial charge < -0.3 is 16.0 Å². The number of rotatable bonds is 5. The molecule has 1 aromatic carbocycles. The average molecular weight is 326 g/mol. The van der Waals surface area contributed by atoms with Gasteiger partial charge in [-0.2, -0.15) is 0 Å². The van der Waals surface area contributed by atoms with E-state index in [1.54, 1.807) is 24.3 Å². The number of hydrogen-bond acceptors (Lipinski definition) is 3. The summed E-state index contributed by atoms with van der Waals surface area (Å²) in [6.45, 7) is 3.55. The molecule has 0 bridgehead atoms. The molecule has 0 spiro atoms. The van der Waals surface area contributed by atoms with Gasteiger partial charge in [-0.05, 0) is 44.0 Å². The molecule has 1 aromatic rings. The molecule has 0 aromatic heterocycles. The number of anilines is 1. The van der Waals surface area contributed by atoms with Crippen LogP contribution in [0.5, 0.6) is 0 Å². The predicted molar refractivity (Wildman–Crippen MR) is 90.6 cm³/mol. The predicted octanol–water partition coefficient (Wildman–Crippen LogP) is 2.33. The Morgan fingerprint density at radius 3 is 2.82 bits per heavy atom. The van der Waals surface area contributed by atoms with Crippen LogP contribution in [0.2, 0.25) is 0 Å². The van der Waals surface area contributed by atoms with Crippen molar-refractivity contribution in [3.63, 3.8) is 0 Å². The minimum atomic E-state index is -0.128. The molecule has 0 saturated carbocycles. The molecule has 1 heterocycles. The average Bonchev–Trinajstić information content (AvgIpc) is 2.53. The van der Waals surface area contributed by atoms with Crippen molar-refractivity contribution in [3.8, 4) is 0 Å². The highest BCUT2D eigenvalue weighted by Crippen LogP contribution is 2.13. The highest BCUT2D eigenvalue weighted by molar-refractivity contribution is 5.98. The fraction of sp³-hybridized carbons (Fsp3) is 0.500. The number of benzene rings is 1. The monoisotopic (exact) mass is 325 g/mol. The van der Waals surface area contributed by atoms with E-state index < -0.39 is 0 Å². The van der Waals surface area contributed by atoms with Crippen molar-refractivity contribution < 1.29 is 9.59 Å². The van der Waals surface area contributed by atoms with Gasteiger partial charge in [0.15, 0.2) is 0 Å². The van der Waals surface area contributed by atoms with E-state index in [9.17, 15) is 9.59 Å². The summed E-state index contributed by atoms with van der Waals surface area (Å²) in [4.78, 5) is 24.1. The van der Waals surface area contributed by atoms with Crippen LogP contribution >= 0.6 is 12.4 Å². The van der Waals surface area contributed by atoms with E-state index in [0.717, 1.165) is 32.2 Å². The van der Waals surface area contributed by atoms with Crippen LogP contribution in [0, 0.1) is 0 Å². The van der Waals surface area contributed by atoms with Gasteiger partial charge >= 0.3 is 0 Å². The smallest absolute Gasteiger partial charge is 0.251 e. The molecule has 0 unspecified atom stereocenters. The first-order chi connectivity index (χ1) is 10.2. The Kier molecular flexibility index (Phi) is 7.91. The molecule has 0 aliphatic carbocycles. The molecule has 2 amide bonds. The summed E-state index contributed by atoms with van der Waals surface area (Å²) in [5.74, 6) is -0.135. The van der Waals surface area contributed by atoms with Gasteiger partial charge in [-0.15, -0.1) is 12.4 Å². The second-order valence-electron chi connectivity index (χ2n) is 5.33. The highest BCUT2D eigenvalue weighted by Gasteiger charge is 2.20. The summed E-state index contributed by atoms with van der Waals surface area (Å²) in [7, 11) is 0. The van der Waals surface area contributed by atoms with Crippen molar-refractivity contribution >= 4 is 29.9 Å². The van der Waals surface area contributed by atoms with Gasteiger partial charge in [-0.25, -0.2) is 0 Å². The van der Waals surface area contributed by atoms with Crippen molar-refractivity contribution in [2.24, 2.45) is 0 Å². The lowest BCUT2D eigenvalue weighted by molar-refractivity contribution is -0.118. The van der Waals surface area contributed by atoms with Gasteiger partial charge in [-0.1, -0.05) is 19.4 Å². The molecule has 1 saturated heterocycles. The maximum absolute atomic E-state index is 12.1. The van der Waals surface area contributed by atoms with Crippen LogP contribution in [0.25, 0.3) is 0 Å². The van der Waals surface area contributed by atoms with Crippen LogP contribution in [0.3, 0.4) is 0 Å². The molecule has 122 valence electrons. The summed E-state index contributed by atoms with van der Waals surface area (Å²) in [5.41, 5.74) is 1.23. The molecule has 1 aliphatic rings. The second kappa shape index (κ2) is 9.43. The van der Waals surface area contributed by atoms with Crippen LogP contribution in [0.15, 0.2) is 24.3 Å². The molecule has 1 fully saturated rings. The summed E-state index contributed by atoms with van der Waals surface area (Å²) < 4.78 is 0. The summed E-state index contributed by atoms with van der Waals surface area (Å²) in [5, 5.41) is 8.92. The fourth-order valence-corrected chi connectivity index (χ4v) is 2.38. The van der Waals surface area contributed by atoms with Crippen LogP contribution in [-0.2, 0) is 4.79 Å². The first kappa shape index (κ1) is 18.5. The van der Waals surface area contributed by atoms with Gasteiger partial charge in [0.2, 0.25) is 5.91 Å². The van der Waals surface area contributed by atoms with Crippen molar-refractivity contribution in [1.29, 1.82) is 0 Å². The van der Waals surface area contributed by atoms with Gasteiger partial charge in [0.05, 0.1) is 6.04 Å². The fourth-order valence-electron chi connectivity index (χ4n) is 2.38. The third-order valence-electron chi connectivity index (χ3n) is 3.55. The third kappa shape index (κ3) is 5.31. The Bertz CT molecular complexity index is 502. The maximum Gasteiger partial charge on any atom is 0.251 e. The van der Waals surface area contributed by atoms with E-state index >= 15 is 0 Å². The molecule has 0 radical (unpaired) electrons. The molecular formula is C16H24ClN3O2. The zero-order chi connectivity index (χ0) is 15.1. The van der Waals surface area contributed by atoms with Crippen LogP contribution < -0.4 is 16.0 Å². The lowest BCUT2D eigenvalue weighted by atomic mass is 10.0. The minimum Gasteiger partial charge on any atom is -0.352 e. The third-order valence-corrected chi connectivity index (χ3v) is 3.55. The molecule has 2 rings (SSSR count). The molecule has 3 N–H and O–H groups in total. The number of halogens is 1. The van der Waals surface area contributed by atoms with E-state index in [1.165, 1.54) is 0 Å². The number of piperidine rings is 1. The molecule has 6 heteroatoms. The first-order valence-corrected chi connectivity index (χ1v) is 7.63. The quantitative estimate of drug-likeness (QED) is 0.778. The largest absolute Gasteiger partial charge is 0.352 e. The number of carbonyl (C=O) groups is 2. The number of nitrogens with one attached hydrogen (secondary N) is 3. The van der Waals surface area contributed by atoms with Gasteiger partial charge in [0.25, 0.3) is 5.91 Å². The van der Waals surface area contributed by atoms with Gasteiger partial charge in [-0.3, -0.25) is 9.59 Å². The van der Waals surface area contributed by atoms with E-state index in [2.05, 4.69) is 16.0 Å². The molecule has 1 aliphatic heterocycles. The van der Waals surface area contributed by atoms with E-state index in [0.29, 0.717) is 17.8 Å². The zero-order valence-corrected chi connectivity index (χ0v) is 13.7. The minimum absolute atomic E-state index is 0. The van der Waals surface area contributed by atoms with Gasteiger partial charge in [0, 0.05) is 17.8 Å². The summed E-state index contributed by atoms with van der Waals surface area (Å²) >= 11 is 0. The molecule has 1 atom stereocenters. The van der Waals surface area contributed by atoms with Crippen LogP contribution in [0.4, 0.5) is 5.69 Å². The molecule has 22 heavy (non-hydrogen) atoms. The first-order valence-electron chi connectivity index (χ1n) is 7.63. The van der Waals surface area contributed by atoms with Crippen molar-refractivity contribution in [2.75, 3.05) is 18.4 Å². The standard InChI is InChI=1S/C16H23N3O2.ClH/c1-2-9-18-15(20)12-6-5-7-13(11-12)19-16(21)14-8-3-4-10-17-14;/h5-7,11,14,17H,2-4,8-10H2,1H3,(H,18,20)(H,19,21);1H/t14-;/m1./s1. The SMILES string of the molecule is CCCNC(=O)c1cccc(NC(=O)[C@H]2CCCCN2)c1.Cl. The van der Waals surface area contributed by atoms with Gasteiger partial charge in [0.1, 0.15) is 0 Å². The van der Waals surface area contributed by atoms with E-state index in [-0.39, 0.29) is 30.3 Å². The number of carbonyl (C=O) groups excluding carboxylic acids is 2. The van der Waals surface area contributed by atoms with Crippen molar-refractivity contribution in [2.45, 2.75) is 38.6 Å². The van der Waals surface area contributed by atoms with Crippen LogP contribution in [-0.4, -0.2) is 30.9 Å². The topological polar surface area (TPSA) is 70.2 Å². The molecule has 5 nitrogen and oxygen atoms in total. The number of hydrogen-bond donors (Lipinski definition) is 3. The summed E-state index contributed by atoms with van der Waals surface area (Å²) in [6.07, 6.45) is 3.96. The van der Waals surface area contributed by atoms with Crippen LogP contribution in [0.1, 0.15) is 43.0 Å². The Morgan fingerprint density at radius 1 is 1.32 bits per heavy atom. The van der Waals surface area contributed by atoms with E-state index in [4.69, 9.17) is 0 Å². The summed E-state index contributed by atoms with van der Waals surface area (Å²) in [6, 6.07) is 6.92. The zero-order valence-electron chi connectivity index (χ0n) is 12.9.